The van der Waals surface area contributed by atoms with Crippen molar-refractivity contribution in [3.63, 3.8) is 0 Å². The molecule has 1 amide bonds. The second-order valence-corrected chi connectivity index (χ2v) is 10.0. The van der Waals surface area contributed by atoms with Crippen LogP contribution in [-0.2, 0) is 11.3 Å². The first-order valence-corrected chi connectivity index (χ1v) is 13.8. The predicted octanol–water partition coefficient (Wildman–Crippen LogP) is 4.31. The number of aromatic nitrogens is 2. The van der Waals surface area contributed by atoms with Gasteiger partial charge < -0.3 is 24.7 Å². The third kappa shape index (κ3) is 7.59. The molecule has 2 N–H and O–H groups in total. The maximum atomic E-state index is 13.3. The summed E-state index contributed by atoms with van der Waals surface area (Å²) in [5.74, 6) is 2.04. The Balaban J connectivity index is 1.32. The SMILES string of the molecule is Cc1cccc(C)c1OC(=O)N1C/C=C/COCc2cc(ccc2OCCN2CCN(O)CC2)Nc2nccc1n2. The average molecular weight is 561 g/mol. The molecule has 216 valence electrons. The Morgan fingerprint density at radius 1 is 1.07 bits per heavy atom. The number of nitrogens with zero attached hydrogens (tertiary/aromatic N) is 5. The summed E-state index contributed by atoms with van der Waals surface area (Å²) in [5.41, 5.74) is 3.42. The number of anilines is 3. The fourth-order valence-electron chi connectivity index (χ4n) is 4.69. The maximum Gasteiger partial charge on any atom is 0.421 e. The second kappa shape index (κ2) is 13.6. The van der Waals surface area contributed by atoms with Crippen molar-refractivity contribution in [3.8, 4) is 11.5 Å². The molecular weight excluding hydrogens is 524 g/mol. The van der Waals surface area contributed by atoms with Gasteiger partial charge in [-0.25, -0.2) is 9.78 Å². The van der Waals surface area contributed by atoms with E-state index in [4.69, 9.17) is 14.2 Å². The predicted molar refractivity (Wildman–Crippen MR) is 155 cm³/mol. The van der Waals surface area contributed by atoms with E-state index in [0.717, 1.165) is 47.8 Å². The number of rotatable bonds is 5. The van der Waals surface area contributed by atoms with Gasteiger partial charge in [-0.15, -0.1) is 0 Å². The summed E-state index contributed by atoms with van der Waals surface area (Å²) in [6.07, 6.45) is 4.80. The molecular formula is C30H36N6O5. The molecule has 3 heterocycles. The van der Waals surface area contributed by atoms with E-state index in [2.05, 4.69) is 20.2 Å². The number of amides is 1. The zero-order valence-electron chi connectivity index (χ0n) is 23.5. The lowest BCUT2D eigenvalue weighted by atomic mass is 10.1. The third-order valence-electron chi connectivity index (χ3n) is 6.99. The smallest absolute Gasteiger partial charge is 0.421 e. The zero-order chi connectivity index (χ0) is 28.6. The van der Waals surface area contributed by atoms with Crippen molar-refractivity contribution >= 4 is 23.5 Å². The molecule has 11 heteroatoms. The van der Waals surface area contributed by atoms with Gasteiger partial charge in [0.15, 0.2) is 0 Å². The normalized spacial score (nSPS) is 17.3. The fraction of sp³-hybridized carbons (Fsp3) is 0.367. The highest BCUT2D eigenvalue weighted by Crippen LogP contribution is 2.27. The largest absolute Gasteiger partial charge is 0.492 e. The lowest BCUT2D eigenvalue weighted by Gasteiger charge is -2.30. The summed E-state index contributed by atoms with van der Waals surface area (Å²) >= 11 is 0. The molecule has 2 aromatic carbocycles. The Kier molecular flexibility index (Phi) is 9.42. The van der Waals surface area contributed by atoms with Crippen LogP contribution < -0.4 is 19.7 Å². The van der Waals surface area contributed by atoms with Gasteiger partial charge in [-0.1, -0.05) is 30.4 Å². The first-order valence-electron chi connectivity index (χ1n) is 13.8. The first kappa shape index (κ1) is 28.5. The van der Waals surface area contributed by atoms with Gasteiger partial charge in [-0.3, -0.25) is 9.80 Å². The number of nitrogens with one attached hydrogen (secondary N) is 1. The number of para-hydroxylation sites is 1. The second-order valence-electron chi connectivity index (χ2n) is 10.0. The van der Waals surface area contributed by atoms with Gasteiger partial charge in [0.05, 0.1) is 13.2 Å². The van der Waals surface area contributed by atoms with Crippen LogP contribution in [0.5, 0.6) is 11.5 Å². The van der Waals surface area contributed by atoms with Gasteiger partial charge in [-0.05, 0) is 49.2 Å². The van der Waals surface area contributed by atoms with Crippen molar-refractivity contribution in [2.24, 2.45) is 0 Å². The highest BCUT2D eigenvalue weighted by atomic mass is 16.6. The van der Waals surface area contributed by atoms with Gasteiger partial charge in [0.2, 0.25) is 5.95 Å². The van der Waals surface area contributed by atoms with Crippen molar-refractivity contribution in [2.45, 2.75) is 20.5 Å². The summed E-state index contributed by atoms with van der Waals surface area (Å²) in [6, 6.07) is 13.2. The highest BCUT2D eigenvalue weighted by Gasteiger charge is 2.21. The number of carbonyl (C=O) groups is 1. The van der Waals surface area contributed by atoms with Crippen LogP contribution in [0.15, 0.2) is 60.8 Å². The van der Waals surface area contributed by atoms with Crippen LogP contribution in [0.4, 0.5) is 22.2 Å². The number of hydrogen-bond donors (Lipinski definition) is 2. The van der Waals surface area contributed by atoms with E-state index in [1.807, 2.05) is 62.4 Å². The number of hydroxylamine groups is 2. The van der Waals surface area contributed by atoms with E-state index >= 15 is 0 Å². The lowest BCUT2D eigenvalue weighted by molar-refractivity contribution is -0.117. The minimum absolute atomic E-state index is 0.244. The molecule has 1 saturated heterocycles. The molecule has 4 bridgehead atoms. The number of benzene rings is 2. The van der Waals surface area contributed by atoms with Crippen LogP contribution in [0.2, 0.25) is 0 Å². The molecule has 0 atom stereocenters. The van der Waals surface area contributed by atoms with Crippen molar-refractivity contribution in [1.29, 1.82) is 0 Å². The van der Waals surface area contributed by atoms with Gasteiger partial charge in [0, 0.05) is 56.7 Å². The van der Waals surface area contributed by atoms with E-state index in [1.54, 1.807) is 12.3 Å². The summed E-state index contributed by atoms with van der Waals surface area (Å²) < 4.78 is 17.9. The van der Waals surface area contributed by atoms with Gasteiger partial charge in [0.25, 0.3) is 0 Å². The molecule has 0 unspecified atom stereocenters. The number of fused-ring (bicyclic) bond motifs is 4. The number of piperazine rings is 1. The lowest BCUT2D eigenvalue weighted by Crippen LogP contribution is -2.46. The number of carbonyl (C=O) groups excluding carboxylic acids is 1. The molecule has 11 nitrogen and oxygen atoms in total. The highest BCUT2D eigenvalue weighted by molar-refractivity contribution is 5.88. The van der Waals surface area contributed by atoms with Crippen molar-refractivity contribution < 1.29 is 24.2 Å². The maximum absolute atomic E-state index is 13.3. The van der Waals surface area contributed by atoms with Gasteiger partial charge in [-0.2, -0.15) is 10.0 Å². The minimum atomic E-state index is -0.535. The topological polar surface area (TPSA) is 113 Å². The summed E-state index contributed by atoms with van der Waals surface area (Å²) in [5, 5.41) is 14.2. The van der Waals surface area contributed by atoms with Crippen molar-refractivity contribution in [1.82, 2.24) is 19.9 Å². The molecule has 1 fully saturated rings. The molecule has 0 spiro atoms. The van der Waals surface area contributed by atoms with E-state index in [-0.39, 0.29) is 6.54 Å². The summed E-state index contributed by atoms with van der Waals surface area (Å²) in [6.45, 7) is 8.98. The molecule has 41 heavy (non-hydrogen) atoms. The molecule has 1 aromatic heterocycles. The van der Waals surface area contributed by atoms with Crippen molar-refractivity contribution in [2.75, 3.05) is 62.7 Å². The fourth-order valence-corrected chi connectivity index (χ4v) is 4.69. The van der Waals surface area contributed by atoms with Gasteiger partial charge >= 0.3 is 6.09 Å². The van der Waals surface area contributed by atoms with E-state index in [9.17, 15) is 10.0 Å². The number of hydrogen-bond acceptors (Lipinski definition) is 10. The first-order chi connectivity index (χ1) is 20.0. The van der Waals surface area contributed by atoms with E-state index in [1.165, 1.54) is 9.96 Å². The van der Waals surface area contributed by atoms with Gasteiger partial charge in [0.1, 0.15) is 23.9 Å². The molecule has 2 aliphatic rings. The van der Waals surface area contributed by atoms with Crippen LogP contribution in [0.25, 0.3) is 0 Å². The summed E-state index contributed by atoms with van der Waals surface area (Å²) in [4.78, 5) is 26.0. The quantitative estimate of drug-likeness (QED) is 0.438. The molecule has 0 radical (unpaired) electrons. The Bertz CT molecular complexity index is 1350. The van der Waals surface area contributed by atoms with Crippen molar-refractivity contribution in [3.05, 3.63) is 77.5 Å². The number of aryl methyl sites for hydroxylation is 2. The van der Waals surface area contributed by atoms with Crippen LogP contribution in [0, 0.1) is 13.8 Å². The summed E-state index contributed by atoms with van der Waals surface area (Å²) in [7, 11) is 0. The Morgan fingerprint density at radius 3 is 2.68 bits per heavy atom. The average Bonchev–Trinajstić information content (AvgIpc) is 2.96. The molecule has 2 aliphatic heterocycles. The van der Waals surface area contributed by atoms with Crippen LogP contribution in [0.1, 0.15) is 16.7 Å². The molecule has 3 aromatic rings. The van der Waals surface area contributed by atoms with Crippen LogP contribution >= 0.6 is 0 Å². The molecule has 0 saturated carbocycles. The standard InChI is InChI=1S/C30H36N6O5/c1-22-6-5-7-23(2)28(22)41-30(37)36-12-3-4-18-39-21-24-20-25(32-29-31-11-10-27(36)33-29)8-9-26(24)40-19-17-34-13-15-35(38)16-14-34/h3-11,20,38H,12-19,21H2,1-2H3,(H,31,32,33)/b4-3+. The third-order valence-corrected chi connectivity index (χ3v) is 6.99. The van der Waals surface area contributed by atoms with E-state index < -0.39 is 6.09 Å². The zero-order valence-corrected chi connectivity index (χ0v) is 23.5. The van der Waals surface area contributed by atoms with E-state index in [0.29, 0.717) is 50.4 Å². The Labute approximate surface area is 239 Å². The van der Waals surface area contributed by atoms with Crippen LogP contribution in [-0.4, -0.2) is 83.7 Å². The minimum Gasteiger partial charge on any atom is -0.492 e. The molecule has 0 aliphatic carbocycles. The number of ether oxygens (including phenoxy) is 3. The Morgan fingerprint density at radius 2 is 1.88 bits per heavy atom. The molecule has 5 rings (SSSR count). The Hall–Kier alpha value is -4.03. The van der Waals surface area contributed by atoms with Crippen LogP contribution in [0.3, 0.4) is 0 Å². The monoisotopic (exact) mass is 560 g/mol.